The fraction of sp³-hybridized carbons (Fsp3) is 0.375. The summed E-state index contributed by atoms with van der Waals surface area (Å²) in [5, 5.41) is 8.94. The van der Waals surface area contributed by atoms with Gasteiger partial charge in [0.25, 0.3) is 0 Å². The summed E-state index contributed by atoms with van der Waals surface area (Å²) in [4.78, 5) is 18.7. The van der Waals surface area contributed by atoms with Crippen LogP contribution in [0.3, 0.4) is 0 Å². The zero-order valence-corrected chi connectivity index (χ0v) is 14.1. The Morgan fingerprint density at radius 1 is 1.30 bits per heavy atom. The molecule has 0 aliphatic carbocycles. The van der Waals surface area contributed by atoms with Gasteiger partial charge in [-0.2, -0.15) is 4.98 Å². The smallest absolute Gasteiger partial charge is 0.247 e. The van der Waals surface area contributed by atoms with Crippen molar-refractivity contribution in [3.8, 4) is 17.1 Å². The van der Waals surface area contributed by atoms with Gasteiger partial charge in [-0.25, -0.2) is 0 Å². The first-order valence-electron chi connectivity index (χ1n) is 7.56. The van der Waals surface area contributed by atoms with Crippen LogP contribution in [0.4, 0.5) is 5.69 Å². The first-order chi connectivity index (χ1) is 11.2. The van der Waals surface area contributed by atoms with Crippen LogP contribution in [0.2, 0.25) is 0 Å². The minimum absolute atomic E-state index is 0.00940. The number of nitrogens with zero attached hydrogens (tertiary/aromatic N) is 4. The molecule has 0 saturated carbocycles. The van der Waals surface area contributed by atoms with Crippen LogP contribution in [0.1, 0.15) is 26.7 Å². The SMILES string of the molecule is CCC(=O)N1c2ccccc2-c2nnc(SC)nc2O[C@H]1CC. The van der Waals surface area contributed by atoms with Crippen LogP contribution in [0.5, 0.6) is 5.88 Å². The zero-order valence-electron chi connectivity index (χ0n) is 13.3. The van der Waals surface area contributed by atoms with Gasteiger partial charge in [0.2, 0.25) is 16.9 Å². The number of para-hydroxylation sites is 1. The van der Waals surface area contributed by atoms with Crippen molar-refractivity contribution < 1.29 is 9.53 Å². The molecule has 2 heterocycles. The number of benzene rings is 1. The molecule has 1 aromatic carbocycles. The number of carbonyl (C=O) groups excluding carboxylic acids is 1. The Morgan fingerprint density at radius 3 is 2.78 bits per heavy atom. The van der Waals surface area contributed by atoms with E-state index in [1.54, 1.807) is 4.90 Å². The maximum Gasteiger partial charge on any atom is 0.247 e. The molecule has 3 rings (SSSR count). The van der Waals surface area contributed by atoms with Crippen LogP contribution in [0, 0.1) is 0 Å². The van der Waals surface area contributed by atoms with Crippen LogP contribution in [0.25, 0.3) is 11.3 Å². The summed E-state index contributed by atoms with van der Waals surface area (Å²) in [6, 6.07) is 7.64. The molecule has 1 atom stereocenters. The van der Waals surface area contributed by atoms with E-state index in [2.05, 4.69) is 15.2 Å². The van der Waals surface area contributed by atoms with E-state index >= 15 is 0 Å². The normalized spacial score (nSPS) is 16.1. The number of hydrogen-bond donors (Lipinski definition) is 0. The highest BCUT2D eigenvalue weighted by Gasteiger charge is 2.32. The number of fused-ring (bicyclic) bond motifs is 3. The molecule has 0 radical (unpaired) electrons. The van der Waals surface area contributed by atoms with Crippen molar-refractivity contribution in [2.24, 2.45) is 0 Å². The average molecular weight is 330 g/mol. The van der Waals surface area contributed by atoms with Gasteiger partial charge in [0.1, 0.15) is 0 Å². The molecule has 0 fully saturated rings. The van der Waals surface area contributed by atoms with Crippen molar-refractivity contribution in [1.82, 2.24) is 15.2 Å². The van der Waals surface area contributed by atoms with E-state index in [1.165, 1.54) is 11.8 Å². The maximum absolute atomic E-state index is 12.5. The maximum atomic E-state index is 12.5. The first-order valence-corrected chi connectivity index (χ1v) is 8.78. The van der Waals surface area contributed by atoms with Gasteiger partial charge in [-0.1, -0.05) is 43.8 Å². The van der Waals surface area contributed by atoms with E-state index in [0.717, 1.165) is 11.3 Å². The minimum atomic E-state index is -0.406. The van der Waals surface area contributed by atoms with Gasteiger partial charge in [-0.3, -0.25) is 9.69 Å². The summed E-state index contributed by atoms with van der Waals surface area (Å²) in [6.07, 6.45) is 2.53. The van der Waals surface area contributed by atoms with E-state index in [-0.39, 0.29) is 5.91 Å². The minimum Gasteiger partial charge on any atom is -0.451 e. The Morgan fingerprint density at radius 2 is 2.09 bits per heavy atom. The predicted octanol–water partition coefficient (Wildman–Crippen LogP) is 3.13. The summed E-state index contributed by atoms with van der Waals surface area (Å²) in [7, 11) is 0. The van der Waals surface area contributed by atoms with Crippen LogP contribution in [-0.2, 0) is 4.79 Å². The van der Waals surface area contributed by atoms with Crippen molar-refractivity contribution in [2.75, 3.05) is 11.2 Å². The predicted molar refractivity (Wildman–Crippen MR) is 89.5 cm³/mol. The van der Waals surface area contributed by atoms with Gasteiger partial charge in [0, 0.05) is 18.4 Å². The van der Waals surface area contributed by atoms with Crippen molar-refractivity contribution in [1.29, 1.82) is 0 Å². The van der Waals surface area contributed by atoms with E-state index in [1.807, 2.05) is 44.4 Å². The van der Waals surface area contributed by atoms with E-state index < -0.39 is 6.23 Å². The fourth-order valence-electron chi connectivity index (χ4n) is 2.59. The highest BCUT2D eigenvalue weighted by Crippen LogP contribution is 2.39. The lowest BCUT2D eigenvalue weighted by molar-refractivity contribution is -0.120. The Bertz CT molecular complexity index is 738. The van der Waals surface area contributed by atoms with Crippen LogP contribution in [0.15, 0.2) is 29.4 Å². The molecular formula is C16H18N4O2S. The molecule has 23 heavy (non-hydrogen) atoms. The molecule has 0 saturated heterocycles. The summed E-state index contributed by atoms with van der Waals surface area (Å²) >= 11 is 1.40. The highest BCUT2D eigenvalue weighted by atomic mass is 32.2. The number of thioether (sulfide) groups is 1. The van der Waals surface area contributed by atoms with Gasteiger partial charge in [-0.05, 0) is 12.3 Å². The molecule has 1 amide bonds. The second kappa shape index (κ2) is 6.54. The third-order valence-electron chi connectivity index (χ3n) is 3.69. The first kappa shape index (κ1) is 15.7. The average Bonchev–Trinajstić information content (AvgIpc) is 2.74. The molecule has 120 valence electrons. The highest BCUT2D eigenvalue weighted by molar-refractivity contribution is 7.98. The summed E-state index contributed by atoms with van der Waals surface area (Å²) in [5.41, 5.74) is 2.18. The molecule has 0 bridgehead atoms. The Hall–Kier alpha value is -2.15. The van der Waals surface area contributed by atoms with Gasteiger partial charge in [-0.15, -0.1) is 10.2 Å². The molecule has 0 unspecified atom stereocenters. The van der Waals surface area contributed by atoms with Crippen LogP contribution in [-0.4, -0.2) is 33.6 Å². The second-order valence-electron chi connectivity index (χ2n) is 5.07. The second-order valence-corrected chi connectivity index (χ2v) is 5.84. The van der Waals surface area contributed by atoms with E-state index in [0.29, 0.717) is 29.6 Å². The van der Waals surface area contributed by atoms with Crippen LogP contribution >= 0.6 is 11.8 Å². The fourth-order valence-corrected chi connectivity index (χ4v) is 2.88. The lowest BCUT2D eigenvalue weighted by Crippen LogP contribution is -2.43. The van der Waals surface area contributed by atoms with E-state index in [9.17, 15) is 4.79 Å². The number of amides is 1. The Balaban J connectivity index is 2.23. The van der Waals surface area contributed by atoms with Crippen molar-refractivity contribution >= 4 is 23.4 Å². The van der Waals surface area contributed by atoms with Crippen LogP contribution < -0.4 is 9.64 Å². The molecule has 2 aromatic rings. The van der Waals surface area contributed by atoms with Crippen molar-refractivity contribution in [3.63, 3.8) is 0 Å². The number of anilines is 1. The summed E-state index contributed by atoms with van der Waals surface area (Å²) in [5.74, 6) is 0.435. The monoisotopic (exact) mass is 330 g/mol. The quantitative estimate of drug-likeness (QED) is 0.805. The van der Waals surface area contributed by atoms with Crippen molar-refractivity contribution in [2.45, 2.75) is 38.1 Å². The Kier molecular flexibility index (Phi) is 4.47. The topological polar surface area (TPSA) is 68.2 Å². The molecule has 1 aromatic heterocycles. The zero-order chi connectivity index (χ0) is 16.4. The summed E-state index contributed by atoms with van der Waals surface area (Å²) in [6.45, 7) is 3.83. The Labute approximate surface area is 139 Å². The lowest BCUT2D eigenvalue weighted by Gasteiger charge is -2.29. The number of rotatable bonds is 3. The molecule has 0 N–H and O–H groups in total. The third kappa shape index (κ3) is 2.76. The molecule has 7 heteroatoms. The third-order valence-corrected chi connectivity index (χ3v) is 4.23. The van der Waals surface area contributed by atoms with Gasteiger partial charge < -0.3 is 4.74 Å². The van der Waals surface area contributed by atoms with Crippen molar-refractivity contribution in [3.05, 3.63) is 24.3 Å². The number of ether oxygens (including phenoxy) is 1. The molecule has 1 aliphatic heterocycles. The largest absolute Gasteiger partial charge is 0.451 e. The standard InChI is InChI=1S/C16H18N4O2S/c1-4-12(21)20-11-9-7-6-8-10(11)14-15(22-13(20)5-2)17-16(23-3)19-18-14/h6-9,13H,4-5H2,1-3H3/t13-/m0/s1. The van der Waals surface area contributed by atoms with Gasteiger partial charge >= 0.3 is 0 Å². The van der Waals surface area contributed by atoms with E-state index in [4.69, 9.17) is 4.74 Å². The van der Waals surface area contributed by atoms with Gasteiger partial charge in [0.15, 0.2) is 11.9 Å². The van der Waals surface area contributed by atoms with Gasteiger partial charge in [0.05, 0.1) is 5.69 Å². The lowest BCUT2D eigenvalue weighted by atomic mass is 10.1. The molecule has 1 aliphatic rings. The molecule has 6 nitrogen and oxygen atoms in total. The number of hydrogen-bond acceptors (Lipinski definition) is 6. The number of aromatic nitrogens is 3. The summed E-state index contributed by atoms with van der Waals surface area (Å²) < 4.78 is 6.04. The number of carbonyl (C=O) groups is 1. The molecule has 0 spiro atoms. The molecular weight excluding hydrogens is 312 g/mol.